The lowest BCUT2D eigenvalue weighted by Gasteiger charge is -2.24. The molecule has 0 saturated carbocycles. The lowest BCUT2D eigenvalue weighted by Crippen LogP contribution is -2.38. The second kappa shape index (κ2) is 8.22. The van der Waals surface area contributed by atoms with Crippen molar-refractivity contribution in [1.82, 2.24) is 0 Å². The van der Waals surface area contributed by atoms with E-state index in [9.17, 15) is 24.9 Å². The van der Waals surface area contributed by atoms with Gasteiger partial charge in [0.15, 0.2) is 11.4 Å². The van der Waals surface area contributed by atoms with Crippen LogP contribution in [0.5, 0.6) is 17.2 Å². The first-order valence-electron chi connectivity index (χ1n) is 9.55. The van der Waals surface area contributed by atoms with Crippen LogP contribution in [0.15, 0.2) is 18.2 Å². The van der Waals surface area contributed by atoms with Crippen LogP contribution in [0, 0.1) is 34.6 Å². The second-order valence-corrected chi connectivity index (χ2v) is 8.05. The predicted octanol–water partition coefficient (Wildman–Crippen LogP) is 4.78. The number of aromatic hydroxyl groups is 2. The number of aliphatic carboxylic acids is 1. The van der Waals surface area contributed by atoms with Gasteiger partial charge < -0.3 is 20.1 Å². The van der Waals surface area contributed by atoms with Crippen LogP contribution in [-0.2, 0) is 4.79 Å². The highest BCUT2D eigenvalue weighted by Gasteiger charge is 2.30. The number of carboxylic acids is 1. The Kier molecular flexibility index (Phi) is 6.30. The number of benzene rings is 2. The summed E-state index contributed by atoms with van der Waals surface area (Å²) in [6.45, 7) is 11.5. The first kappa shape index (κ1) is 23.0. The summed E-state index contributed by atoms with van der Waals surface area (Å²) in [5.74, 6) is -1.15. The number of ether oxygens (including phenoxy) is 1. The summed E-state index contributed by atoms with van der Waals surface area (Å²) in [7, 11) is 0. The molecule has 0 fully saturated rings. The Hall–Kier alpha value is -3.28. The molecule has 2 rings (SSSR count). The Labute approximate surface area is 176 Å². The maximum Gasteiger partial charge on any atom is 0.347 e. The Balaban J connectivity index is 2.38. The number of phenols is 2. The number of rotatable bonds is 6. The van der Waals surface area contributed by atoms with Crippen molar-refractivity contribution in [3.05, 3.63) is 57.2 Å². The van der Waals surface area contributed by atoms with E-state index in [-0.39, 0.29) is 17.1 Å². The third kappa shape index (κ3) is 4.32. The first-order chi connectivity index (χ1) is 13.8. The fourth-order valence-electron chi connectivity index (χ4n) is 3.22. The smallest absolute Gasteiger partial charge is 0.347 e. The second-order valence-electron chi connectivity index (χ2n) is 8.05. The van der Waals surface area contributed by atoms with E-state index < -0.39 is 17.4 Å². The topological polar surface area (TPSA) is 104 Å². The van der Waals surface area contributed by atoms with Gasteiger partial charge in [0.05, 0.1) is 5.56 Å². The van der Waals surface area contributed by atoms with Gasteiger partial charge in [-0.15, -0.1) is 0 Å². The van der Waals surface area contributed by atoms with Crippen LogP contribution in [0.1, 0.15) is 57.6 Å². The summed E-state index contributed by atoms with van der Waals surface area (Å²) in [5.41, 5.74) is 2.23. The molecule has 0 atom stereocenters. The highest BCUT2D eigenvalue weighted by Crippen LogP contribution is 2.36. The van der Waals surface area contributed by atoms with Crippen LogP contribution in [0.25, 0.3) is 6.08 Å². The number of phenolic OH excluding ortho intramolecular Hbond substituents is 2. The maximum atomic E-state index is 12.7. The van der Waals surface area contributed by atoms with Crippen LogP contribution < -0.4 is 4.74 Å². The molecule has 3 N–H and O–H groups in total. The molecular weight excluding hydrogens is 384 g/mol. The number of allylic oxidation sites excluding steroid dienone is 1. The zero-order valence-corrected chi connectivity index (χ0v) is 18.4. The van der Waals surface area contributed by atoms with Gasteiger partial charge in [-0.3, -0.25) is 4.79 Å². The molecule has 0 radical (unpaired) electrons. The summed E-state index contributed by atoms with van der Waals surface area (Å²) in [6.07, 6.45) is 2.95. The quantitative estimate of drug-likeness (QED) is 0.358. The largest absolute Gasteiger partial charge is 0.507 e. The molecule has 0 aliphatic rings. The molecule has 0 spiro atoms. The average Bonchev–Trinajstić information content (AvgIpc) is 2.66. The number of carboxylic acid groups (broad SMARTS) is 1. The van der Waals surface area contributed by atoms with Gasteiger partial charge in [0.25, 0.3) is 0 Å². The number of ketones is 1. The molecule has 0 bridgehead atoms. The van der Waals surface area contributed by atoms with Crippen molar-refractivity contribution in [3.8, 4) is 17.2 Å². The van der Waals surface area contributed by atoms with Gasteiger partial charge in [-0.2, -0.15) is 0 Å². The highest BCUT2D eigenvalue weighted by molar-refractivity contribution is 6.10. The van der Waals surface area contributed by atoms with E-state index in [4.69, 9.17) is 4.74 Å². The van der Waals surface area contributed by atoms with E-state index in [1.165, 1.54) is 19.9 Å². The van der Waals surface area contributed by atoms with Gasteiger partial charge in [-0.1, -0.05) is 6.08 Å². The highest BCUT2D eigenvalue weighted by atomic mass is 16.5. The van der Waals surface area contributed by atoms with Gasteiger partial charge in [0.2, 0.25) is 0 Å². The lowest BCUT2D eigenvalue weighted by atomic mass is 9.94. The van der Waals surface area contributed by atoms with Crippen LogP contribution in [0.4, 0.5) is 0 Å². The van der Waals surface area contributed by atoms with Gasteiger partial charge in [0, 0.05) is 5.56 Å². The molecular formula is C24H28O6. The van der Waals surface area contributed by atoms with E-state index in [0.29, 0.717) is 22.4 Å². The van der Waals surface area contributed by atoms with E-state index in [1.54, 1.807) is 52.8 Å². The van der Waals surface area contributed by atoms with E-state index in [2.05, 4.69) is 0 Å². The van der Waals surface area contributed by atoms with Crippen LogP contribution in [0.3, 0.4) is 0 Å². The minimum absolute atomic E-state index is 0.00344. The van der Waals surface area contributed by atoms with E-state index in [0.717, 1.165) is 16.7 Å². The Morgan fingerprint density at radius 1 is 0.900 bits per heavy atom. The first-order valence-corrected chi connectivity index (χ1v) is 9.55. The zero-order valence-electron chi connectivity index (χ0n) is 18.4. The molecule has 160 valence electrons. The summed E-state index contributed by atoms with van der Waals surface area (Å²) in [6, 6.07) is 3.57. The van der Waals surface area contributed by atoms with Crippen molar-refractivity contribution in [2.45, 2.75) is 54.1 Å². The van der Waals surface area contributed by atoms with Gasteiger partial charge in [-0.05, 0) is 94.5 Å². The van der Waals surface area contributed by atoms with Crippen LogP contribution >= 0.6 is 0 Å². The molecule has 6 nitrogen and oxygen atoms in total. The Morgan fingerprint density at radius 3 is 1.90 bits per heavy atom. The van der Waals surface area contributed by atoms with Gasteiger partial charge >= 0.3 is 5.97 Å². The third-order valence-corrected chi connectivity index (χ3v) is 5.27. The van der Waals surface area contributed by atoms with Gasteiger partial charge in [-0.25, -0.2) is 4.79 Å². The molecule has 0 heterocycles. The van der Waals surface area contributed by atoms with Crippen molar-refractivity contribution < 1.29 is 29.6 Å². The maximum absolute atomic E-state index is 12.7. The van der Waals surface area contributed by atoms with Gasteiger partial charge in [0.1, 0.15) is 17.2 Å². The molecule has 0 aliphatic heterocycles. The fourth-order valence-corrected chi connectivity index (χ4v) is 3.22. The van der Waals surface area contributed by atoms with Crippen molar-refractivity contribution >= 4 is 17.8 Å². The Morgan fingerprint density at radius 2 is 1.40 bits per heavy atom. The SMILES string of the molecule is Cc1cc(/C=C/C(=O)c2c(C)c(O)c(C)c(C)c2O)cc(C)c1OC(C)(C)C(=O)O. The Bertz CT molecular complexity index is 1010. The molecule has 6 heteroatoms. The van der Waals surface area contributed by atoms with E-state index in [1.807, 2.05) is 0 Å². The van der Waals surface area contributed by atoms with Crippen molar-refractivity contribution in [2.24, 2.45) is 0 Å². The number of carbonyl (C=O) groups excluding carboxylic acids is 1. The zero-order chi connectivity index (χ0) is 23.0. The van der Waals surface area contributed by atoms with E-state index >= 15 is 0 Å². The fraction of sp³-hybridized carbons (Fsp3) is 0.333. The molecule has 2 aromatic rings. The summed E-state index contributed by atoms with van der Waals surface area (Å²) >= 11 is 0. The number of aryl methyl sites for hydroxylation is 2. The van der Waals surface area contributed by atoms with Crippen LogP contribution in [0.2, 0.25) is 0 Å². The molecule has 0 aliphatic carbocycles. The lowest BCUT2D eigenvalue weighted by molar-refractivity contribution is -0.152. The molecule has 2 aromatic carbocycles. The molecule has 0 aromatic heterocycles. The molecule has 0 saturated heterocycles. The summed E-state index contributed by atoms with van der Waals surface area (Å²) in [4.78, 5) is 24.1. The summed E-state index contributed by atoms with van der Waals surface area (Å²) < 4.78 is 5.69. The predicted molar refractivity (Wildman–Crippen MR) is 116 cm³/mol. The van der Waals surface area contributed by atoms with Crippen molar-refractivity contribution in [3.63, 3.8) is 0 Å². The molecule has 0 amide bonds. The average molecular weight is 412 g/mol. The number of carbonyl (C=O) groups is 2. The van der Waals surface area contributed by atoms with Crippen molar-refractivity contribution in [2.75, 3.05) is 0 Å². The minimum atomic E-state index is -1.37. The summed E-state index contributed by atoms with van der Waals surface area (Å²) in [5, 5.41) is 29.9. The molecule has 30 heavy (non-hydrogen) atoms. The van der Waals surface area contributed by atoms with Crippen molar-refractivity contribution in [1.29, 1.82) is 0 Å². The third-order valence-electron chi connectivity index (χ3n) is 5.27. The molecule has 0 unspecified atom stereocenters. The normalized spacial score (nSPS) is 11.7. The standard InChI is InChI=1S/C24H28O6/c1-12-10-17(11-13(2)22(12)30-24(6,7)23(28)29)8-9-18(25)19-16(5)20(26)14(3)15(4)21(19)27/h8-11,26-27H,1-7H3,(H,28,29)/b9-8+. The minimum Gasteiger partial charge on any atom is -0.507 e. The number of hydrogen-bond donors (Lipinski definition) is 3. The van der Waals surface area contributed by atoms with Crippen LogP contribution in [-0.4, -0.2) is 32.7 Å². The monoisotopic (exact) mass is 412 g/mol. The number of hydrogen-bond acceptors (Lipinski definition) is 5.